The lowest BCUT2D eigenvalue weighted by atomic mass is 10.1. The van der Waals surface area contributed by atoms with Crippen LogP contribution in [0.15, 0.2) is 48.5 Å². The summed E-state index contributed by atoms with van der Waals surface area (Å²) in [6, 6.07) is 15.3. The average Bonchev–Trinajstić information content (AvgIpc) is 2.60. The van der Waals surface area contributed by atoms with Crippen LogP contribution in [0.1, 0.15) is 23.1 Å². The molecule has 0 saturated carbocycles. The van der Waals surface area contributed by atoms with E-state index >= 15 is 0 Å². The summed E-state index contributed by atoms with van der Waals surface area (Å²) < 4.78 is 5.08. The van der Waals surface area contributed by atoms with E-state index in [0.29, 0.717) is 13.1 Å². The Balaban J connectivity index is 1.70. The van der Waals surface area contributed by atoms with E-state index in [2.05, 4.69) is 10.6 Å². The van der Waals surface area contributed by atoms with Crippen molar-refractivity contribution < 1.29 is 14.3 Å². The van der Waals surface area contributed by atoms with Crippen molar-refractivity contribution in [2.24, 2.45) is 0 Å². The number of hydrogen-bond donors (Lipinski definition) is 2. The molecule has 2 rings (SSSR count). The summed E-state index contributed by atoms with van der Waals surface area (Å²) in [4.78, 5) is 23.6. The first-order chi connectivity index (χ1) is 11.6. The third kappa shape index (κ3) is 5.76. The van der Waals surface area contributed by atoms with Crippen molar-refractivity contribution in [3.8, 4) is 5.75 Å². The van der Waals surface area contributed by atoms with Gasteiger partial charge in [-0.05, 0) is 30.2 Å². The molecule has 0 saturated heterocycles. The predicted octanol–water partition coefficient (Wildman–Crippen LogP) is 2.33. The SMILES string of the molecule is COc1ccc(CNC(=O)CC(=O)NCc2ccc(C)cc2)cc1. The molecular formula is C19H22N2O3. The largest absolute Gasteiger partial charge is 0.497 e. The number of methoxy groups -OCH3 is 1. The lowest BCUT2D eigenvalue weighted by Crippen LogP contribution is -2.31. The first kappa shape index (κ1) is 17.5. The second kappa shape index (κ2) is 8.72. The van der Waals surface area contributed by atoms with Crippen molar-refractivity contribution >= 4 is 11.8 Å². The molecule has 0 aliphatic heterocycles. The highest BCUT2D eigenvalue weighted by atomic mass is 16.5. The minimum Gasteiger partial charge on any atom is -0.497 e. The fourth-order valence-electron chi connectivity index (χ4n) is 2.12. The number of carbonyl (C=O) groups is 2. The molecule has 2 aromatic carbocycles. The van der Waals surface area contributed by atoms with Gasteiger partial charge in [0.05, 0.1) is 7.11 Å². The molecule has 126 valence electrons. The molecule has 0 bridgehead atoms. The zero-order chi connectivity index (χ0) is 17.4. The number of nitrogens with one attached hydrogen (secondary N) is 2. The maximum absolute atomic E-state index is 11.8. The first-order valence-corrected chi connectivity index (χ1v) is 7.78. The molecule has 0 unspecified atom stereocenters. The van der Waals surface area contributed by atoms with Gasteiger partial charge in [-0.2, -0.15) is 0 Å². The molecule has 5 heteroatoms. The van der Waals surface area contributed by atoms with Crippen molar-refractivity contribution in [2.75, 3.05) is 7.11 Å². The van der Waals surface area contributed by atoms with Gasteiger partial charge in [0.25, 0.3) is 0 Å². The molecule has 0 spiro atoms. The van der Waals surface area contributed by atoms with Crippen LogP contribution in [-0.2, 0) is 22.7 Å². The van der Waals surface area contributed by atoms with Crippen molar-refractivity contribution in [3.05, 3.63) is 65.2 Å². The van der Waals surface area contributed by atoms with Gasteiger partial charge in [-0.25, -0.2) is 0 Å². The summed E-state index contributed by atoms with van der Waals surface area (Å²) in [5.41, 5.74) is 3.12. The zero-order valence-corrected chi connectivity index (χ0v) is 14.0. The molecule has 2 amide bonds. The Morgan fingerprint density at radius 3 is 1.75 bits per heavy atom. The van der Waals surface area contributed by atoms with Crippen molar-refractivity contribution in [1.82, 2.24) is 10.6 Å². The number of carbonyl (C=O) groups excluding carboxylic acids is 2. The third-order valence-corrected chi connectivity index (χ3v) is 3.58. The topological polar surface area (TPSA) is 67.4 Å². The average molecular weight is 326 g/mol. The Kier molecular flexibility index (Phi) is 6.37. The van der Waals surface area contributed by atoms with E-state index in [1.165, 1.54) is 5.56 Å². The van der Waals surface area contributed by atoms with Gasteiger partial charge in [-0.3, -0.25) is 9.59 Å². The molecular weight excluding hydrogens is 304 g/mol. The van der Waals surface area contributed by atoms with Gasteiger partial charge in [0, 0.05) is 13.1 Å². The van der Waals surface area contributed by atoms with E-state index in [1.54, 1.807) is 7.11 Å². The van der Waals surface area contributed by atoms with Gasteiger partial charge >= 0.3 is 0 Å². The Hall–Kier alpha value is -2.82. The second-order valence-corrected chi connectivity index (χ2v) is 5.56. The maximum atomic E-state index is 11.8. The lowest BCUT2D eigenvalue weighted by Gasteiger charge is -2.08. The van der Waals surface area contributed by atoms with Gasteiger partial charge in [-0.1, -0.05) is 42.0 Å². The first-order valence-electron chi connectivity index (χ1n) is 7.78. The Bertz CT molecular complexity index is 679. The van der Waals surface area contributed by atoms with Crippen LogP contribution in [0.4, 0.5) is 0 Å². The predicted molar refractivity (Wildman–Crippen MR) is 92.5 cm³/mol. The zero-order valence-electron chi connectivity index (χ0n) is 14.0. The number of benzene rings is 2. The smallest absolute Gasteiger partial charge is 0.229 e. The minimum atomic E-state index is -0.299. The molecule has 2 N–H and O–H groups in total. The highest BCUT2D eigenvalue weighted by molar-refractivity contribution is 5.96. The van der Waals surface area contributed by atoms with Gasteiger partial charge in [0.1, 0.15) is 12.2 Å². The lowest BCUT2D eigenvalue weighted by molar-refractivity contribution is -0.129. The second-order valence-electron chi connectivity index (χ2n) is 5.56. The number of aryl methyl sites for hydroxylation is 1. The van der Waals surface area contributed by atoms with Gasteiger partial charge in [-0.15, -0.1) is 0 Å². The summed E-state index contributed by atoms with van der Waals surface area (Å²) in [5, 5.41) is 5.48. The van der Waals surface area contributed by atoms with Crippen LogP contribution in [0.3, 0.4) is 0 Å². The van der Waals surface area contributed by atoms with Gasteiger partial charge in [0.15, 0.2) is 0 Å². The number of ether oxygens (including phenoxy) is 1. The normalized spacial score (nSPS) is 10.1. The fourth-order valence-corrected chi connectivity index (χ4v) is 2.12. The number of hydrogen-bond acceptors (Lipinski definition) is 3. The summed E-state index contributed by atoms with van der Waals surface area (Å²) in [7, 11) is 1.60. The van der Waals surface area contributed by atoms with Gasteiger partial charge < -0.3 is 15.4 Å². The molecule has 0 atom stereocenters. The van der Waals surface area contributed by atoms with Crippen molar-refractivity contribution in [2.45, 2.75) is 26.4 Å². The Labute approximate surface area is 142 Å². The molecule has 0 fully saturated rings. The molecule has 0 aromatic heterocycles. The van der Waals surface area contributed by atoms with Crippen LogP contribution in [0.5, 0.6) is 5.75 Å². The highest BCUT2D eigenvalue weighted by Crippen LogP contribution is 2.10. The molecule has 0 radical (unpaired) electrons. The van der Waals surface area contributed by atoms with Crippen LogP contribution in [0, 0.1) is 6.92 Å². The monoisotopic (exact) mass is 326 g/mol. The van der Waals surface area contributed by atoms with Crippen LogP contribution >= 0.6 is 0 Å². The van der Waals surface area contributed by atoms with E-state index < -0.39 is 0 Å². The summed E-state index contributed by atoms with van der Waals surface area (Å²) >= 11 is 0. The van der Waals surface area contributed by atoms with E-state index in [0.717, 1.165) is 16.9 Å². The maximum Gasteiger partial charge on any atom is 0.229 e. The van der Waals surface area contributed by atoms with Crippen LogP contribution in [0.25, 0.3) is 0 Å². The summed E-state index contributed by atoms with van der Waals surface area (Å²) in [5.74, 6) is 0.176. The number of rotatable bonds is 7. The number of amides is 2. The van der Waals surface area contributed by atoms with Crippen molar-refractivity contribution in [1.29, 1.82) is 0 Å². The van der Waals surface area contributed by atoms with Crippen LogP contribution in [-0.4, -0.2) is 18.9 Å². The van der Waals surface area contributed by atoms with E-state index in [9.17, 15) is 9.59 Å². The van der Waals surface area contributed by atoms with Crippen molar-refractivity contribution in [3.63, 3.8) is 0 Å². The summed E-state index contributed by atoms with van der Waals surface area (Å²) in [6.07, 6.45) is -0.179. The molecule has 5 nitrogen and oxygen atoms in total. The molecule has 0 heterocycles. The van der Waals surface area contributed by atoms with Crippen LogP contribution < -0.4 is 15.4 Å². The highest BCUT2D eigenvalue weighted by Gasteiger charge is 2.09. The molecule has 24 heavy (non-hydrogen) atoms. The fraction of sp³-hybridized carbons (Fsp3) is 0.263. The van der Waals surface area contributed by atoms with E-state index in [-0.39, 0.29) is 18.2 Å². The van der Waals surface area contributed by atoms with Gasteiger partial charge in [0.2, 0.25) is 11.8 Å². The molecule has 0 aliphatic carbocycles. The van der Waals surface area contributed by atoms with E-state index in [1.807, 2.05) is 55.5 Å². The van der Waals surface area contributed by atoms with E-state index in [4.69, 9.17) is 4.74 Å². The molecule has 2 aromatic rings. The quantitative estimate of drug-likeness (QED) is 0.767. The standard InChI is InChI=1S/C19H22N2O3/c1-14-3-5-15(6-4-14)12-20-18(22)11-19(23)21-13-16-7-9-17(24-2)10-8-16/h3-10H,11-13H2,1-2H3,(H,20,22)(H,21,23). The van der Waals surface area contributed by atoms with Crippen LogP contribution in [0.2, 0.25) is 0 Å². The third-order valence-electron chi connectivity index (χ3n) is 3.58. The Morgan fingerprint density at radius 2 is 1.29 bits per heavy atom. The molecule has 0 aliphatic rings. The summed E-state index contributed by atoms with van der Waals surface area (Å²) in [6.45, 7) is 2.81. The Morgan fingerprint density at radius 1 is 0.833 bits per heavy atom. The minimum absolute atomic E-state index is 0.179.